The molecule has 6 nitrogen and oxygen atoms in total. The molecule has 34 heavy (non-hydrogen) atoms. The third-order valence-corrected chi connectivity index (χ3v) is 7.11. The number of nitrogens with zero attached hydrogens (tertiary/aromatic N) is 1. The molecule has 1 amide bonds. The second-order valence-corrected chi connectivity index (χ2v) is 10.6. The Morgan fingerprint density at radius 3 is 2.32 bits per heavy atom. The maximum Gasteiger partial charge on any atom is 0.304 e. The lowest BCUT2D eigenvalue weighted by atomic mass is 9.67. The van der Waals surface area contributed by atoms with Gasteiger partial charge in [0.2, 0.25) is 5.91 Å². The lowest BCUT2D eigenvalue weighted by Crippen LogP contribution is -2.57. The van der Waals surface area contributed by atoms with Gasteiger partial charge in [0.25, 0.3) is 0 Å². The highest BCUT2D eigenvalue weighted by atomic mass is 35.5. The lowest BCUT2D eigenvalue weighted by molar-refractivity contribution is -0.177. The SMILES string of the molecule is CC[C@@H](CC(C)(O)O)N1C(=O)[C@@](C)(CC(=O)O)C[C@H](c2cccc(Cl)c2)C1c1ccc(Cl)cc1. The summed E-state index contributed by atoms with van der Waals surface area (Å²) < 4.78 is 0. The molecule has 0 spiro atoms. The van der Waals surface area contributed by atoms with Gasteiger partial charge in [0.1, 0.15) is 0 Å². The average Bonchev–Trinajstić information content (AvgIpc) is 2.73. The van der Waals surface area contributed by atoms with E-state index in [1.807, 2.05) is 37.3 Å². The largest absolute Gasteiger partial charge is 0.481 e. The molecule has 1 aliphatic rings. The Morgan fingerprint density at radius 2 is 1.79 bits per heavy atom. The van der Waals surface area contributed by atoms with Crippen LogP contribution in [0, 0.1) is 5.41 Å². The van der Waals surface area contributed by atoms with Crippen LogP contribution >= 0.6 is 23.2 Å². The Kier molecular flexibility index (Phi) is 7.98. The van der Waals surface area contributed by atoms with Crippen LogP contribution in [0.4, 0.5) is 0 Å². The van der Waals surface area contributed by atoms with E-state index in [2.05, 4.69) is 0 Å². The van der Waals surface area contributed by atoms with Gasteiger partial charge >= 0.3 is 5.97 Å². The number of carbonyl (C=O) groups is 2. The van der Waals surface area contributed by atoms with Gasteiger partial charge in [-0.15, -0.1) is 0 Å². The van der Waals surface area contributed by atoms with E-state index in [0.717, 1.165) is 11.1 Å². The first-order chi connectivity index (χ1) is 15.8. The number of amides is 1. The van der Waals surface area contributed by atoms with Gasteiger partial charge in [-0.3, -0.25) is 9.59 Å². The zero-order chi connectivity index (χ0) is 25.3. The summed E-state index contributed by atoms with van der Waals surface area (Å²) in [6.45, 7) is 4.84. The number of carboxylic acids is 1. The number of carbonyl (C=O) groups excluding carboxylic acids is 1. The Morgan fingerprint density at radius 1 is 1.15 bits per heavy atom. The molecule has 2 aromatic rings. The summed E-state index contributed by atoms with van der Waals surface area (Å²) in [5, 5.41) is 31.2. The third-order valence-electron chi connectivity index (χ3n) is 6.62. The van der Waals surface area contributed by atoms with Crippen molar-refractivity contribution < 1.29 is 24.9 Å². The predicted octanol–water partition coefficient (Wildman–Crippen LogP) is 5.40. The van der Waals surface area contributed by atoms with Crippen LogP contribution in [0.15, 0.2) is 48.5 Å². The van der Waals surface area contributed by atoms with Crippen LogP contribution in [0.1, 0.15) is 69.5 Å². The smallest absolute Gasteiger partial charge is 0.304 e. The van der Waals surface area contributed by atoms with Crippen molar-refractivity contribution in [3.63, 3.8) is 0 Å². The van der Waals surface area contributed by atoms with E-state index in [0.29, 0.717) is 22.9 Å². The van der Waals surface area contributed by atoms with E-state index < -0.39 is 29.3 Å². The molecule has 2 aromatic carbocycles. The van der Waals surface area contributed by atoms with Crippen LogP contribution in [-0.4, -0.2) is 43.9 Å². The van der Waals surface area contributed by atoms with Crippen molar-refractivity contribution in [3.05, 3.63) is 69.7 Å². The average molecular weight is 508 g/mol. The molecule has 4 atom stereocenters. The third kappa shape index (κ3) is 5.92. The number of hydrogen-bond donors (Lipinski definition) is 3. The highest BCUT2D eigenvalue weighted by molar-refractivity contribution is 6.30. The minimum Gasteiger partial charge on any atom is -0.481 e. The van der Waals surface area contributed by atoms with Crippen molar-refractivity contribution in [1.82, 2.24) is 4.90 Å². The van der Waals surface area contributed by atoms with Crippen molar-refractivity contribution >= 4 is 35.1 Å². The van der Waals surface area contributed by atoms with Crippen LogP contribution in [-0.2, 0) is 9.59 Å². The predicted molar refractivity (Wildman–Crippen MR) is 132 cm³/mol. The molecule has 1 heterocycles. The number of piperidine rings is 1. The standard InChI is InChI=1S/C26H31Cl2NO5/c1-4-20(13-26(3,33)34)29-23(16-8-10-18(27)11-9-16)21(17-6-5-7-19(28)12-17)14-25(2,24(29)32)15-22(30)31/h5-12,20-21,23,33-34H,4,13-15H2,1-3H3,(H,30,31)/t20-,21+,23?,25+/m0/s1. The summed E-state index contributed by atoms with van der Waals surface area (Å²) in [6, 6.07) is 13.6. The molecule has 0 radical (unpaired) electrons. The van der Waals surface area contributed by atoms with E-state index >= 15 is 0 Å². The first kappa shape index (κ1) is 26.5. The van der Waals surface area contributed by atoms with Crippen molar-refractivity contribution in [2.75, 3.05) is 0 Å². The van der Waals surface area contributed by atoms with Crippen LogP contribution in [0.5, 0.6) is 0 Å². The topological polar surface area (TPSA) is 98.1 Å². The Labute approximate surface area is 210 Å². The second kappa shape index (κ2) is 10.2. The summed E-state index contributed by atoms with van der Waals surface area (Å²) in [5.41, 5.74) is 0.527. The van der Waals surface area contributed by atoms with Gasteiger partial charge < -0.3 is 20.2 Å². The zero-order valence-corrected chi connectivity index (χ0v) is 21.1. The molecule has 3 rings (SSSR count). The van der Waals surface area contributed by atoms with Crippen molar-refractivity contribution in [1.29, 1.82) is 0 Å². The molecule has 0 aliphatic carbocycles. The molecule has 3 N–H and O–H groups in total. The van der Waals surface area contributed by atoms with E-state index in [4.69, 9.17) is 23.2 Å². The maximum absolute atomic E-state index is 14.0. The number of aliphatic carboxylic acids is 1. The quantitative estimate of drug-likeness (QED) is 0.415. The molecule has 1 saturated heterocycles. The van der Waals surface area contributed by atoms with E-state index in [-0.39, 0.29) is 24.7 Å². The second-order valence-electron chi connectivity index (χ2n) is 9.69. The van der Waals surface area contributed by atoms with Crippen LogP contribution < -0.4 is 0 Å². The molecular formula is C26H31Cl2NO5. The van der Waals surface area contributed by atoms with Crippen molar-refractivity contribution in [2.24, 2.45) is 5.41 Å². The number of aliphatic hydroxyl groups is 2. The summed E-state index contributed by atoms with van der Waals surface area (Å²) in [5.74, 6) is -3.66. The molecule has 184 valence electrons. The number of hydrogen-bond acceptors (Lipinski definition) is 4. The fourth-order valence-corrected chi connectivity index (χ4v) is 5.49. The molecule has 1 aliphatic heterocycles. The Hall–Kier alpha value is -2.12. The van der Waals surface area contributed by atoms with Gasteiger partial charge in [0, 0.05) is 28.4 Å². The number of benzene rings is 2. The molecule has 1 fully saturated rings. The fourth-order valence-electron chi connectivity index (χ4n) is 5.17. The van der Waals surface area contributed by atoms with E-state index in [1.54, 1.807) is 30.0 Å². The normalized spacial score (nSPS) is 24.2. The number of carboxylic acid groups (broad SMARTS) is 1. The molecule has 0 saturated carbocycles. The summed E-state index contributed by atoms with van der Waals surface area (Å²) >= 11 is 12.5. The Bertz CT molecular complexity index is 1040. The summed E-state index contributed by atoms with van der Waals surface area (Å²) in [6.07, 6.45) is 0.343. The summed E-state index contributed by atoms with van der Waals surface area (Å²) in [7, 11) is 0. The molecule has 1 unspecified atom stereocenters. The number of rotatable bonds is 8. The number of likely N-dealkylation sites (tertiary alicyclic amines) is 1. The monoisotopic (exact) mass is 507 g/mol. The fraction of sp³-hybridized carbons (Fsp3) is 0.462. The van der Waals surface area contributed by atoms with Gasteiger partial charge in [-0.05, 0) is 55.2 Å². The van der Waals surface area contributed by atoms with Gasteiger partial charge in [0.05, 0.1) is 17.9 Å². The first-order valence-corrected chi connectivity index (χ1v) is 12.1. The van der Waals surface area contributed by atoms with Gasteiger partial charge in [-0.2, -0.15) is 0 Å². The molecule has 0 bridgehead atoms. The van der Waals surface area contributed by atoms with Crippen LogP contribution in [0.25, 0.3) is 0 Å². The van der Waals surface area contributed by atoms with Crippen molar-refractivity contribution in [3.8, 4) is 0 Å². The molecule has 8 heteroatoms. The lowest BCUT2D eigenvalue weighted by Gasteiger charge is -2.52. The van der Waals surface area contributed by atoms with Crippen molar-refractivity contribution in [2.45, 2.75) is 70.2 Å². The Balaban J connectivity index is 2.24. The summed E-state index contributed by atoms with van der Waals surface area (Å²) in [4.78, 5) is 27.5. The van der Waals surface area contributed by atoms with Crippen LogP contribution in [0.3, 0.4) is 0 Å². The zero-order valence-electron chi connectivity index (χ0n) is 19.5. The minimum absolute atomic E-state index is 0.0786. The number of halogens is 2. The highest BCUT2D eigenvalue weighted by Crippen LogP contribution is 2.52. The molecule has 0 aromatic heterocycles. The minimum atomic E-state index is -2.00. The maximum atomic E-state index is 14.0. The van der Waals surface area contributed by atoms with E-state index in [9.17, 15) is 24.9 Å². The van der Waals surface area contributed by atoms with Gasteiger partial charge in [-0.1, -0.05) is 61.3 Å². The van der Waals surface area contributed by atoms with Gasteiger partial charge in [0.15, 0.2) is 5.79 Å². The van der Waals surface area contributed by atoms with Crippen LogP contribution in [0.2, 0.25) is 10.0 Å². The molecular weight excluding hydrogens is 477 g/mol. The first-order valence-electron chi connectivity index (χ1n) is 11.3. The highest BCUT2D eigenvalue weighted by Gasteiger charge is 2.52. The van der Waals surface area contributed by atoms with Gasteiger partial charge in [-0.25, -0.2) is 0 Å². The van der Waals surface area contributed by atoms with E-state index in [1.165, 1.54) is 6.92 Å².